The first-order chi connectivity index (χ1) is 18.8. The first-order valence-electron chi connectivity index (χ1n) is 13.1. The van der Waals surface area contributed by atoms with Crippen molar-refractivity contribution in [2.75, 3.05) is 10.6 Å². The van der Waals surface area contributed by atoms with Gasteiger partial charge in [0.15, 0.2) is 5.78 Å². The topological polar surface area (TPSA) is 81.1 Å². The van der Waals surface area contributed by atoms with Crippen LogP contribution >= 0.6 is 0 Å². The van der Waals surface area contributed by atoms with E-state index in [1.807, 2.05) is 48.5 Å². The monoisotopic (exact) mass is 523 g/mol. The van der Waals surface area contributed by atoms with Gasteiger partial charge in [0, 0.05) is 23.3 Å². The molecule has 8 heteroatoms. The zero-order valence-electron chi connectivity index (χ0n) is 21.9. The van der Waals surface area contributed by atoms with E-state index in [4.69, 9.17) is 4.74 Å². The standard InChI is InChI=1S/C31H30FN5O2/c1-31(2)15-27-29(28(38)16-31)30(34-26-13-6-5-12-25(26)33-27)20-9-7-10-23(14-20)39-19-22-18-37(36-35-22)17-21-8-3-4-11-24(21)32/h3-14,18,30,33-34H,15-17,19H2,1-2H3. The number of aromatic nitrogens is 3. The number of para-hydroxylation sites is 2. The molecule has 198 valence electrons. The number of nitrogens with zero attached hydrogens (tertiary/aromatic N) is 3. The minimum atomic E-state index is -0.315. The molecule has 39 heavy (non-hydrogen) atoms. The summed E-state index contributed by atoms with van der Waals surface area (Å²) in [5, 5.41) is 15.5. The Morgan fingerprint density at radius 2 is 1.82 bits per heavy atom. The van der Waals surface area contributed by atoms with E-state index in [-0.39, 0.29) is 29.7 Å². The van der Waals surface area contributed by atoms with E-state index in [1.165, 1.54) is 6.07 Å². The number of ketones is 1. The number of allylic oxidation sites excluding steroid dienone is 1. The zero-order valence-corrected chi connectivity index (χ0v) is 21.9. The Morgan fingerprint density at radius 3 is 2.67 bits per heavy atom. The number of hydrogen-bond donors (Lipinski definition) is 2. The molecule has 2 N–H and O–H groups in total. The minimum Gasteiger partial charge on any atom is -0.487 e. The van der Waals surface area contributed by atoms with Gasteiger partial charge >= 0.3 is 0 Å². The van der Waals surface area contributed by atoms with Gasteiger partial charge in [-0.1, -0.05) is 61.5 Å². The minimum absolute atomic E-state index is 0.110. The Hall–Kier alpha value is -4.46. The van der Waals surface area contributed by atoms with E-state index < -0.39 is 0 Å². The number of anilines is 2. The quantitative estimate of drug-likeness (QED) is 0.310. The number of fused-ring (bicyclic) bond motifs is 1. The summed E-state index contributed by atoms with van der Waals surface area (Å²) < 4.78 is 21.7. The van der Waals surface area contributed by atoms with E-state index in [0.29, 0.717) is 30.0 Å². The molecular formula is C31H30FN5O2. The predicted octanol–water partition coefficient (Wildman–Crippen LogP) is 6.27. The van der Waals surface area contributed by atoms with Crippen LogP contribution in [0.25, 0.3) is 0 Å². The maximum Gasteiger partial charge on any atom is 0.163 e. The maximum atomic E-state index is 14.0. The molecule has 0 fully saturated rings. The highest BCUT2D eigenvalue weighted by Gasteiger charge is 2.38. The van der Waals surface area contributed by atoms with Gasteiger partial charge in [0.25, 0.3) is 0 Å². The molecule has 0 spiro atoms. The fraction of sp³-hybridized carbons (Fsp3) is 0.258. The smallest absolute Gasteiger partial charge is 0.163 e. The van der Waals surface area contributed by atoms with Crippen molar-refractivity contribution < 1.29 is 13.9 Å². The number of nitrogens with one attached hydrogen (secondary N) is 2. The molecule has 1 aromatic heterocycles. The Balaban J connectivity index is 1.23. The van der Waals surface area contributed by atoms with Crippen LogP contribution < -0.4 is 15.4 Å². The second-order valence-corrected chi connectivity index (χ2v) is 10.9. The second kappa shape index (κ2) is 10.0. The van der Waals surface area contributed by atoms with E-state index in [9.17, 15) is 9.18 Å². The summed E-state index contributed by atoms with van der Waals surface area (Å²) in [6.45, 7) is 4.78. The van der Waals surface area contributed by atoms with Crippen molar-refractivity contribution in [1.82, 2.24) is 15.0 Å². The summed E-state index contributed by atoms with van der Waals surface area (Å²) in [5.74, 6) is 0.539. The van der Waals surface area contributed by atoms with E-state index in [0.717, 1.165) is 34.6 Å². The van der Waals surface area contributed by atoms with Gasteiger partial charge in [0.05, 0.1) is 30.2 Å². The summed E-state index contributed by atoms with van der Waals surface area (Å²) in [6.07, 6.45) is 3.05. The molecule has 7 nitrogen and oxygen atoms in total. The lowest BCUT2D eigenvalue weighted by atomic mass is 9.73. The van der Waals surface area contributed by atoms with Crippen LogP contribution in [-0.2, 0) is 17.9 Å². The maximum absolute atomic E-state index is 14.0. The largest absolute Gasteiger partial charge is 0.487 e. The van der Waals surface area contributed by atoms with Gasteiger partial charge in [-0.2, -0.15) is 0 Å². The lowest BCUT2D eigenvalue weighted by molar-refractivity contribution is -0.118. The molecule has 1 atom stereocenters. The highest BCUT2D eigenvalue weighted by Crippen LogP contribution is 2.45. The Labute approximate surface area is 226 Å². The number of carbonyl (C=O) groups is 1. The third kappa shape index (κ3) is 5.27. The van der Waals surface area contributed by atoms with Crippen molar-refractivity contribution in [1.29, 1.82) is 0 Å². The van der Waals surface area contributed by atoms with E-state index >= 15 is 0 Å². The second-order valence-electron chi connectivity index (χ2n) is 10.9. The fourth-order valence-electron chi connectivity index (χ4n) is 5.36. The molecule has 4 aromatic rings. The van der Waals surface area contributed by atoms with Crippen molar-refractivity contribution in [2.45, 2.75) is 45.9 Å². The lowest BCUT2D eigenvalue weighted by Crippen LogP contribution is -2.31. The van der Waals surface area contributed by atoms with Crippen molar-refractivity contribution in [2.24, 2.45) is 5.41 Å². The molecule has 0 amide bonds. The summed E-state index contributed by atoms with van der Waals surface area (Å²) in [7, 11) is 0. The van der Waals surface area contributed by atoms with Gasteiger partial charge in [-0.15, -0.1) is 5.10 Å². The number of ether oxygens (including phenoxy) is 1. The van der Waals surface area contributed by atoms with Crippen LogP contribution in [0.3, 0.4) is 0 Å². The molecule has 1 aliphatic carbocycles. The summed E-state index contributed by atoms with van der Waals surface area (Å²) in [4.78, 5) is 13.5. The number of carbonyl (C=O) groups excluding carboxylic acids is 1. The highest BCUT2D eigenvalue weighted by molar-refractivity contribution is 6.01. The van der Waals surface area contributed by atoms with Gasteiger partial charge in [-0.05, 0) is 47.7 Å². The molecule has 0 saturated heterocycles. The molecule has 1 unspecified atom stereocenters. The van der Waals surface area contributed by atoms with E-state index in [2.05, 4.69) is 34.8 Å². The molecular weight excluding hydrogens is 493 g/mol. The number of halogens is 1. The van der Waals surface area contributed by atoms with Crippen LogP contribution in [0.5, 0.6) is 5.75 Å². The number of benzene rings is 3. The van der Waals surface area contributed by atoms with Crippen molar-refractivity contribution in [3.8, 4) is 5.75 Å². The third-order valence-electron chi connectivity index (χ3n) is 7.18. The van der Waals surface area contributed by atoms with Crippen molar-refractivity contribution in [3.05, 3.63) is 113 Å². The van der Waals surface area contributed by atoms with Crippen LogP contribution in [0.1, 0.15) is 49.6 Å². The van der Waals surface area contributed by atoms with Crippen LogP contribution in [0.2, 0.25) is 0 Å². The zero-order chi connectivity index (χ0) is 27.0. The van der Waals surface area contributed by atoms with Gasteiger partial charge in [-0.3, -0.25) is 4.79 Å². The van der Waals surface area contributed by atoms with Crippen LogP contribution in [0.4, 0.5) is 15.8 Å². The van der Waals surface area contributed by atoms with Crippen molar-refractivity contribution >= 4 is 17.2 Å². The van der Waals surface area contributed by atoms with Gasteiger partial charge in [0.1, 0.15) is 23.9 Å². The van der Waals surface area contributed by atoms with Gasteiger partial charge < -0.3 is 15.4 Å². The summed E-state index contributed by atoms with van der Waals surface area (Å²) in [5.41, 5.74) is 5.66. The average Bonchev–Trinajstić information content (AvgIpc) is 3.28. The molecule has 2 heterocycles. The van der Waals surface area contributed by atoms with Crippen LogP contribution in [0, 0.1) is 11.2 Å². The molecule has 3 aromatic carbocycles. The number of hydrogen-bond acceptors (Lipinski definition) is 6. The first-order valence-corrected chi connectivity index (χ1v) is 13.1. The molecule has 0 radical (unpaired) electrons. The SMILES string of the molecule is CC1(C)CC(=O)C2=C(C1)Nc1ccccc1NC2c1cccc(OCc2cn(Cc3ccccc3F)nn2)c1. The predicted molar refractivity (Wildman–Crippen MR) is 148 cm³/mol. The number of rotatable bonds is 6. The molecule has 0 saturated carbocycles. The molecule has 2 aliphatic rings. The molecule has 0 bridgehead atoms. The first kappa shape index (κ1) is 24.9. The van der Waals surface area contributed by atoms with Gasteiger partial charge in [0.2, 0.25) is 0 Å². The average molecular weight is 524 g/mol. The Bertz CT molecular complexity index is 1570. The summed E-state index contributed by atoms with van der Waals surface area (Å²) in [6, 6.07) is 22.1. The Morgan fingerprint density at radius 1 is 1.03 bits per heavy atom. The molecule has 6 rings (SSSR count). The number of Topliss-reactive ketones (excluding diaryl/α,β-unsaturated/α-hetero) is 1. The van der Waals surface area contributed by atoms with Crippen LogP contribution in [0.15, 0.2) is 90.3 Å². The van der Waals surface area contributed by atoms with Gasteiger partial charge in [-0.25, -0.2) is 9.07 Å². The lowest BCUT2D eigenvalue weighted by Gasteiger charge is -2.34. The van der Waals surface area contributed by atoms with Crippen LogP contribution in [-0.4, -0.2) is 20.8 Å². The molecule has 1 aliphatic heterocycles. The third-order valence-corrected chi connectivity index (χ3v) is 7.18. The Kier molecular flexibility index (Phi) is 6.38. The highest BCUT2D eigenvalue weighted by atomic mass is 19.1. The normalized spacial score (nSPS) is 17.9. The van der Waals surface area contributed by atoms with Crippen molar-refractivity contribution in [3.63, 3.8) is 0 Å². The summed E-state index contributed by atoms with van der Waals surface area (Å²) >= 11 is 0. The fourth-order valence-corrected chi connectivity index (χ4v) is 5.36. The van der Waals surface area contributed by atoms with E-state index in [1.54, 1.807) is 29.1 Å².